The normalized spacial score (nSPS) is 18.4. The van der Waals surface area contributed by atoms with Gasteiger partial charge in [0.25, 0.3) is 0 Å². The number of alkyl carbamates (subject to hydrolysis) is 1. The van der Waals surface area contributed by atoms with Crippen molar-refractivity contribution in [1.82, 2.24) is 52.2 Å². The molecule has 1 fully saturated rings. The summed E-state index contributed by atoms with van der Waals surface area (Å²) in [6.45, 7) is 25.1. The third kappa shape index (κ3) is 30.3. The average molecular weight is 1340 g/mol. The molecule has 0 spiro atoms. The van der Waals surface area contributed by atoms with Crippen LogP contribution in [0.5, 0.6) is 0 Å². The first kappa shape index (κ1) is 82.0. The number of amides is 7. The number of nitro groups is 1. The van der Waals surface area contributed by atoms with Crippen LogP contribution in [0.4, 0.5) is 4.79 Å². The second kappa shape index (κ2) is 38.9. The smallest absolute Gasteiger partial charge is 0.408 e. The molecule has 0 radical (unpaired) electrons. The Kier molecular flexibility index (Phi) is 34.0. The fourth-order valence-electron chi connectivity index (χ4n) is 9.74. The lowest BCUT2D eigenvalue weighted by molar-refractivity contribution is -0.480. The van der Waals surface area contributed by atoms with Gasteiger partial charge in [0.05, 0.1) is 19.9 Å². The standard InChI is InChI=1S/C61H101N11O22/c1-32(2)25-43(66-58(83)61(16,17)68-55(81)45(27-34(5)6)64-51(77)41(21-19-23-72(85)86)62-54(80)44(26-33(3)4)67-59(84)94-60(13,14)15)53(79)63-42(52(78)65-46(28-35(7)8)56(82)87-18)22-20-24-88-30-40-29-71(70-69-40)48-50(91-38(11)75)49(90-37(10)74)47(31-89-36(9)73)93-57(48)92-39(12)76/h29,32-35,41-50,57H,19-28,30-31H2,1-18H3,(H,62,80)(H,63,79)(H,64,77)(H,65,78)(H,66,83)(H,67,84)(H,68,81)/t41-,42-,43-,44-,45-,46-,47+,48+,49+,50+,57+/m0/s1. The van der Waals surface area contributed by atoms with Crippen molar-refractivity contribution in [3.05, 3.63) is 22.0 Å². The van der Waals surface area contributed by atoms with Crippen molar-refractivity contribution < 1.29 is 100 Å². The van der Waals surface area contributed by atoms with Gasteiger partial charge in [0, 0.05) is 45.6 Å². The molecule has 1 aliphatic heterocycles. The Hall–Kier alpha value is -8.10. The first-order chi connectivity index (χ1) is 43.6. The summed E-state index contributed by atoms with van der Waals surface area (Å²) < 4.78 is 45.1. The maximum atomic E-state index is 14.5. The maximum Gasteiger partial charge on any atom is 0.408 e. The Bertz CT molecular complexity index is 2750. The molecule has 0 aromatic carbocycles. The van der Waals surface area contributed by atoms with Crippen molar-refractivity contribution in [2.24, 2.45) is 23.7 Å². The fraction of sp³-hybridized carbons (Fsp3) is 0.770. The van der Waals surface area contributed by atoms with Gasteiger partial charge < -0.3 is 75.1 Å². The topological polar surface area (TPSA) is 437 Å². The van der Waals surface area contributed by atoms with Gasteiger partial charge in [-0.25, -0.2) is 14.3 Å². The van der Waals surface area contributed by atoms with Crippen LogP contribution in [0.15, 0.2) is 6.20 Å². The predicted octanol–water partition coefficient (Wildman–Crippen LogP) is 2.46. The molecule has 1 aromatic heterocycles. The molecule has 532 valence electrons. The Morgan fingerprint density at radius 2 is 1.06 bits per heavy atom. The fourth-order valence-corrected chi connectivity index (χ4v) is 9.74. The van der Waals surface area contributed by atoms with Gasteiger partial charge in [-0.1, -0.05) is 60.6 Å². The van der Waals surface area contributed by atoms with Crippen molar-refractivity contribution in [3.8, 4) is 0 Å². The quantitative estimate of drug-likeness (QED) is 0.0164. The van der Waals surface area contributed by atoms with Crippen LogP contribution >= 0.6 is 0 Å². The van der Waals surface area contributed by atoms with E-state index in [4.69, 9.17) is 37.9 Å². The zero-order chi connectivity index (χ0) is 71.5. The highest BCUT2D eigenvalue weighted by molar-refractivity contribution is 5.98. The number of aromatic nitrogens is 3. The van der Waals surface area contributed by atoms with Crippen molar-refractivity contribution >= 4 is 71.4 Å². The summed E-state index contributed by atoms with van der Waals surface area (Å²) in [6.07, 6.45) is -5.30. The Morgan fingerprint density at radius 3 is 1.54 bits per heavy atom. The minimum Gasteiger partial charge on any atom is -0.467 e. The molecule has 1 aliphatic rings. The second-order valence-electron chi connectivity index (χ2n) is 26.3. The highest BCUT2D eigenvalue weighted by atomic mass is 16.7. The molecule has 11 atom stereocenters. The van der Waals surface area contributed by atoms with Crippen LogP contribution < -0.4 is 37.2 Å². The van der Waals surface area contributed by atoms with Gasteiger partial charge in [0.15, 0.2) is 18.2 Å². The van der Waals surface area contributed by atoms with E-state index in [1.807, 2.05) is 13.8 Å². The van der Waals surface area contributed by atoms with Crippen LogP contribution in [0.2, 0.25) is 0 Å². The predicted molar refractivity (Wildman–Crippen MR) is 332 cm³/mol. The first-order valence-corrected chi connectivity index (χ1v) is 31.5. The van der Waals surface area contributed by atoms with Gasteiger partial charge in [0.2, 0.25) is 48.3 Å². The number of ether oxygens (including phenoxy) is 8. The van der Waals surface area contributed by atoms with E-state index < -0.39 is 167 Å². The molecule has 7 N–H and O–H groups in total. The highest BCUT2D eigenvalue weighted by Gasteiger charge is 2.53. The van der Waals surface area contributed by atoms with E-state index in [2.05, 4.69) is 47.5 Å². The summed E-state index contributed by atoms with van der Waals surface area (Å²) in [6, 6.07) is -9.08. The summed E-state index contributed by atoms with van der Waals surface area (Å²) in [5.74, 6) is -9.56. The molecule has 7 amide bonds. The van der Waals surface area contributed by atoms with Crippen LogP contribution in [0, 0.1) is 33.8 Å². The Morgan fingerprint density at radius 1 is 0.606 bits per heavy atom. The van der Waals surface area contributed by atoms with Crippen LogP contribution in [0.3, 0.4) is 0 Å². The molecule has 0 bridgehead atoms. The lowest BCUT2D eigenvalue weighted by Gasteiger charge is -2.44. The zero-order valence-corrected chi connectivity index (χ0v) is 57.5. The first-order valence-electron chi connectivity index (χ1n) is 31.5. The van der Waals surface area contributed by atoms with E-state index in [1.165, 1.54) is 20.0 Å². The number of methoxy groups -OCH3 is 1. The number of rotatable bonds is 38. The Labute approximate surface area is 548 Å². The number of nitrogens with one attached hydrogen (secondary N) is 7. The van der Waals surface area contributed by atoms with Crippen molar-refractivity contribution in [2.45, 2.75) is 254 Å². The summed E-state index contributed by atoms with van der Waals surface area (Å²) in [7, 11) is 1.16. The summed E-state index contributed by atoms with van der Waals surface area (Å²) in [4.78, 5) is 171. The molecule has 0 aliphatic carbocycles. The lowest BCUT2D eigenvalue weighted by atomic mass is 9.96. The molecular formula is C61H101N11O22. The molecule has 33 nitrogen and oxygen atoms in total. The molecule has 0 saturated carbocycles. The monoisotopic (exact) mass is 1340 g/mol. The van der Waals surface area contributed by atoms with E-state index in [9.17, 15) is 67.6 Å². The van der Waals surface area contributed by atoms with E-state index in [0.717, 1.165) is 39.5 Å². The van der Waals surface area contributed by atoms with Crippen molar-refractivity contribution in [3.63, 3.8) is 0 Å². The van der Waals surface area contributed by atoms with Crippen molar-refractivity contribution in [1.29, 1.82) is 0 Å². The van der Waals surface area contributed by atoms with Gasteiger partial charge in [-0.05, 0) is 103 Å². The molecule has 1 aromatic rings. The molecule has 1 saturated heterocycles. The van der Waals surface area contributed by atoms with Crippen LogP contribution in [-0.2, 0) is 97.2 Å². The zero-order valence-electron chi connectivity index (χ0n) is 57.5. The lowest BCUT2D eigenvalue weighted by Crippen LogP contribution is -2.63. The van der Waals surface area contributed by atoms with Crippen LogP contribution in [0.25, 0.3) is 0 Å². The number of nitrogens with zero attached hydrogens (tertiary/aromatic N) is 4. The van der Waals surface area contributed by atoms with Gasteiger partial charge in [-0.3, -0.25) is 58.1 Å². The Balaban J connectivity index is 2.44. The summed E-state index contributed by atoms with van der Waals surface area (Å²) in [5.41, 5.74) is -2.52. The molecule has 94 heavy (non-hydrogen) atoms. The van der Waals surface area contributed by atoms with Crippen LogP contribution in [-0.4, -0.2) is 190 Å². The van der Waals surface area contributed by atoms with Crippen LogP contribution in [0.1, 0.15) is 181 Å². The second-order valence-corrected chi connectivity index (χ2v) is 26.3. The van der Waals surface area contributed by atoms with E-state index in [-0.39, 0.29) is 93.9 Å². The average Bonchev–Trinajstić information content (AvgIpc) is 1.26. The number of carbonyl (C=O) groups is 12. The van der Waals surface area contributed by atoms with E-state index in [0.29, 0.717) is 0 Å². The van der Waals surface area contributed by atoms with Gasteiger partial charge in [-0.15, -0.1) is 5.10 Å². The summed E-state index contributed by atoms with van der Waals surface area (Å²) >= 11 is 0. The molecule has 2 heterocycles. The minimum atomic E-state index is -1.80. The van der Waals surface area contributed by atoms with E-state index in [1.54, 1.807) is 62.3 Å². The third-order valence-electron chi connectivity index (χ3n) is 13.8. The molecule has 0 unspecified atom stereocenters. The summed E-state index contributed by atoms with van der Waals surface area (Å²) in [5, 5.41) is 38.2. The number of carbonyl (C=O) groups excluding carboxylic acids is 12. The SMILES string of the molecule is COC(=O)[C@H](CC(C)C)NC(=O)[C@H](CCCOCc1cn([C@H]2[C@H](OC(C)=O)O[C@H](COC(C)=O)[C@@H](OC(C)=O)[C@@H]2OC(C)=O)nn1)NC(=O)[C@H](CC(C)C)NC(=O)C(C)(C)NC(=O)[C@H](CC(C)C)NC(=O)[C@H](CCC[N+](=O)[O-])NC(=O)[C@H](CC(C)C)NC(=O)OC(C)(C)C. The largest absolute Gasteiger partial charge is 0.467 e. The number of esters is 5. The number of hydrogen-bond donors (Lipinski definition) is 7. The molecule has 2 rings (SSSR count). The number of hydrogen-bond acceptors (Lipinski definition) is 24. The van der Waals surface area contributed by atoms with Gasteiger partial charge >= 0.3 is 35.9 Å². The van der Waals surface area contributed by atoms with E-state index >= 15 is 0 Å². The maximum absolute atomic E-state index is 14.5. The molecular weight excluding hydrogens is 1240 g/mol. The third-order valence-corrected chi connectivity index (χ3v) is 13.8. The molecule has 33 heteroatoms. The minimum absolute atomic E-state index is 0.0155. The van der Waals surface area contributed by atoms with Gasteiger partial charge in [0.1, 0.15) is 65.8 Å². The van der Waals surface area contributed by atoms with Gasteiger partial charge in [-0.2, -0.15) is 0 Å². The van der Waals surface area contributed by atoms with Crippen molar-refractivity contribution in [2.75, 3.05) is 26.9 Å². The highest BCUT2D eigenvalue weighted by Crippen LogP contribution is 2.35.